The molecule has 108 valence electrons. The van der Waals surface area contributed by atoms with Gasteiger partial charge < -0.3 is 9.30 Å². The molecule has 0 radical (unpaired) electrons. The third-order valence-corrected chi connectivity index (χ3v) is 3.83. The van der Waals surface area contributed by atoms with Crippen LogP contribution in [0.15, 0.2) is 41.2 Å². The van der Waals surface area contributed by atoms with Crippen LogP contribution in [-0.2, 0) is 0 Å². The van der Waals surface area contributed by atoms with Gasteiger partial charge in [-0.15, -0.1) is 0 Å². The van der Waals surface area contributed by atoms with E-state index in [1.807, 2.05) is 24.3 Å². The summed E-state index contributed by atoms with van der Waals surface area (Å²) in [6.45, 7) is 0. The maximum Gasteiger partial charge on any atom is 0.263 e. The molecule has 1 aliphatic carbocycles. The topological polar surface area (TPSA) is 48.3 Å². The van der Waals surface area contributed by atoms with E-state index in [4.69, 9.17) is 16.3 Å². The molecule has 1 fully saturated rings. The summed E-state index contributed by atoms with van der Waals surface area (Å²) in [4.78, 5) is 23.9. The van der Waals surface area contributed by atoms with Crippen LogP contribution in [0.4, 0.5) is 0 Å². The number of ether oxygens (including phenoxy) is 1. The minimum Gasteiger partial charge on any atom is -0.496 e. The van der Waals surface area contributed by atoms with Crippen LogP contribution < -0.4 is 10.3 Å². The first-order chi connectivity index (χ1) is 10.1. The Labute approximate surface area is 126 Å². The number of carbonyl (C=O) groups is 1. The zero-order valence-electron chi connectivity index (χ0n) is 11.5. The first kappa shape index (κ1) is 13.9. The molecule has 0 spiro atoms. The molecule has 4 nitrogen and oxygen atoms in total. The lowest BCUT2D eigenvalue weighted by molar-refractivity contribution is 0.107. The van der Waals surface area contributed by atoms with Crippen LogP contribution in [-0.4, -0.2) is 16.9 Å². The predicted molar refractivity (Wildman–Crippen MR) is 81.1 cm³/mol. The van der Waals surface area contributed by atoms with Gasteiger partial charge in [-0.3, -0.25) is 9.59 Å². The molecule has 2 aromatic rings. The molecule has 0 amide bonds. The second kappa shape index (κ2) is 5.37. The van der Waals surface area contributed by atoms with Gasteiger partial charge in [-0.1, -0.05) is 12.1 Å². The van der Waals surface area contributed by atoms with Crippen LogP contribution in [0.3, 0.4) is 0 Å². The zero-order chi connectivity index (χ0) is 15.0. The van der Waals surface area contributed by atoms with Crippen LogP contribution >= 0.6 is 11.6 Å². The molecular weight excluding hydrogens is 290 g/mol. The first-order valence-electron chi connectivity index (χ1n) is 6.72. The molecular formula is C16H14ClNO3. The van der Waals surface area contributed by atoms with Gasteiger partial charge in [0, 0.05) is 11.6 Å². The molecule has 0 unspecified atom stereocenters. The van der Waals surface area contributed by atoms with Crippen LogP contribution in [0, 0.1) is 0 Å². The third-order valence-electron chi connectivity index (χ3n) is 3.62. The Morgan fingerprint density at radius 3 is 2.57 bits per heavy atom. The minimum atomic E-state index is -0.721. The normalized spacial score (nSPS) is 14.0. The van der Waals surface area contributed by atoms with E-state index < -0.39 is 5.24 Å². The summed E-state index contributed by atoms with van der Waals surface area (Å²) in [6, 6.07) is 10.9. The van der Waals surface area contributed by atoms with Gasteiger partial charge in [0.2, 0.25) is 0 Å². The van der Waals surface area contributed by atoms with Crippen molar-refractivity contribution in [3.8, 4) is 17.0 Å². The largest absolute Gasteiger partial charge is 0.496 e. The molecule has 1 aromatic carbocycles. The Morgan fingerprint density at radius 1 is 1.24 bits per heavy atom. The lowest BCUT2D eigenvalue weighted by Crippen LogP contribution is -2.25. The van der Waals surface area contributed by atoms with Crippen molar-refractivity contribution < 1.29 is 9.53 Å². The molecule has 0 atom stereocenters. The number of carbonyl (C=O) groups excluding carboxylic acids is 1. The number of para-hydroxylation sites is 1. The van der Waals surface area contributed by atoms with Crippen molar-refractivity contribution in [1.82, 2.24) is 4.57 Å². The van der Waals surface area contributed by atoms with Crippen molar-refractivity contribution in [3.05, 3.63) is 52.3 Å². The van der Waals surface area contributed by atoms with Crippen molar-refractivity contribution in [2.45, 2.75) is 18.9 Å². The summed E-state index contributed by atoms with van der Waals surface area (Å²) in [5, 5.41) is -0.721. The molecule has 3 rings (SSSR count). The van der Waals surface area contributed by atoms with Crippen LogP contribution in [0.5, 0.6) is 5.75 Å². The Kier molecular flexibility index (Phi) is 3.55. The second-order valence-corrected chi connectivity index (χ2v) is 5.36. The summed E-state index contributed by atoms with van der Waals surface area (Å²) >= 11 is 5.49. The number of hydrogen-bond acceptors (Lipinski definition) is 3. The molecule has 1 saturated carbocycles. The fraction of sp³-hybridized carbons (Fsp3) is 0.250. The van der Waals surface area contributed by atoms with Crippen molar-refractivity contribution in [3.63, 3.8) is 0 Å². The summed E-state index contributed by atoms with van der Waals surface area (Å²) in [7, 11) is 1.59. The highest BCUT2D eigenvalue weighted by atomic mass is 35.5. The smallest absolute Gasteiger partial charge is 0.263 e. The summed E-state index contributed by atoms with van der Waals surface area (Å²) < 4.78 is 7.02. The highest BCUT2D eigenvalue weighted by molar-refractivity contribution is 6.67. The Bertz CT molecular complexity index is 762. The fourth-order valence-corrected chi connectivity index (χ4v) is 2.62. The molecule has 0 aliphatic heterocycles. The van der Waals surface area contributed by atoms with E-state index >= 15 is 0 Å². The summed E-state index contributed by atoms with van der Waals surface area (Å²) in [5.41, 5.74) is 1.27. The molecule has 0 bridgehead atoms. The molecule has 5 heteroatoms. The number of benzene rings is 1. The van der Waals surface area contributed by atoms with Crippen LogP contribution in [0.2, 0.25) is 0 Å². The average Bonchev–Trinajstić information content (AvgIpc) is 3.31. The highest BCUT2D eigenvalue weighted by Gasteiger charge is 2.29. The standard InChI is InChI=1S/C16H14ClNO3/c1-21-14-5-3-2-4-11(14)13-9-8-12(15(17)19)16(20)18(13)10-6-7-10/h2-5,8-10H,6-7H2,1H3. The van der Waals surface area contributed by atoms with Gasteiger partial charge in [-0.25, -0.2) is 0 Å². The van der Waals surface area contributed by atoms with Crippen molar-refractivity contribution in [2.24, 2.45) is 0 Å². The lowest BCUT2D eigenvalue weighted by atomic mass is 10.1. The number of methoxy groups -OCH3 is 1. The van der Waals surface area contributed by atoms with Gasteiger partial charge in [0.15, 0.2) is 0 Å². The van der Waals surface area contributed by atoms with Crippen LogP contribution in [0.25, 0.3) is 11.3 Å². The van der Waals surface area contributed by atoms with Gasteiger partial charge in [0.25, 0.3) is 10.8 Å². The Morgan fingerprint density at radius 2 is 1.95 bits per heavy atom. The zero-order valence-corrected chi connectivity index (χ0v) is 12.3. The van der Waals surface area contributed by atoms with Crippen LogP contribution in [0.1, 0.15) is 29.2 Å². The van der Waals surface area contributed by atoms with Crippen molar-refractivity contribution in [1.29, 1.82) is 0 Å². The van der Waals surface area contributed by atoms with E-state index in [0.29, 0.717) is 5.75 Å². The molecule has 1 heterocycles. The molecule has 21 heavy (non-hydrogen) atoms. The Hall–Kier alpha value is -2.07. The maximum atomic E-state index is 12.5. The molecule has 1 aromatic heterocycles. The van der Waals surface area contributed by atoms with Gasteiger partial charge >= 0.3 is 0 Å². The summed E-state index contributed by atoms with van der Waals surface area (Å²) in [6.07, 6.45) is 1.87. The van der Waals surface area contributed by atoms with Crippen molar-refractivity contribution in [2.75, 3.05) is 7.11 Å². The van der Waals surface area contributed by atoms with Crippen molar-refractivity contribution >= 4 is 16.8 Å². The summed E-state index contributed by atoms with van der Waals surface area (Å²) in [5.74, 6) is 0.691. The number of halogens is 1. The monoisotopic (exact) mass is 303 g/mol. The quantitative estimate of drug-likeness (QED) is 0.815. The lowest BCUT2D eigenvalue weighted by Gasteiger charge is -2.15. The number of hydrogen-bond donors (Lipinski definition) is 0. The average molecular weight is 304 g/mol. The second-order valence-electron chi connectivity index (χ2n) is 5.01. The number of pyridine rings is 1. The number of aromatic nitrogens is 1. The minimum absolute atomic E-state index is 0.0159. The highest BCUT2D eigenvalue weighted by Crippen LogP contribution is 2.39. The van der Waals surface area contributed by atoms with E-state index in [9.17, 15) is 9.59 Å². The van der Waals surface area contributed by atoms with E-state index in [-0.39, 0.29) is 17.2 Å². The van der Waals surface area contributed by atoms with E-state index in [1.165, 1.54) is 6.07 Å². The van der Waals surface area contributed by atoms with Gasteiger partial charge in [-0.05, 0) is 48.7 Å². The SMILES string of the molecule is COc1ccccc1-c1ccc(C(=O)Cl)c(=O)n1C1CC1. The maximum absolute atomic E-state index is 12.5. The third kappa shape index (κ3) is 2.47. The van der Waals surface area contributed by atoms with E-state index in [0.717, 1.165) is 24.1 Å². The number of rotatable bonds is 4. The predicted octanol–water partition coefficient (Wildman–Crippen LogP) is 3.24. The van der Waals surface area contributed by atoms with E-state index in [1.54, 1.807) is 17.7 Å². The molecule has 1 aliphatic rings. The molecule has 0 N–H and O–H groups in total. The fourth-order valence-electron chi connectivity index (χ4n) is 2.47. The van der Waals surface area contributed by atoms with Gasteiger partial charge in [0.05, 0.1) is 18.4 Å². The molecule has 0 saturated heterocycles. The van der Waals surface area contributed by atoms with Gasteiger partial charge in [-0.2, -0.15) is 0 Å². The van der Waals surface area contributed by atoms with E-state index in [2.05, 4.69) is 0 Å². The Balaban J connectivity index is 2.26. The van der Waals surface area contributed by atoms with Gasteiger partial charge in [0.1, 0.15) is 5.75 Å². The first-order valence-corrected chi connectivity index (χ1v) is 7.10. The number of nitrogens with zero attached hydrogens (tertiary/aromatic N) is 1.